The molecule has 0 saturated carbocycles. The summed E-state index contributed by atoms with van der Waals surface area (Å²) >= 11 is 1.58. The number of benzene rings is 1. The van der Waals surface area contributed by atoms with Gasteiger partial charge in [-0.25, -0.2) is 9.78 Å². The zero-order valence-corrected chi connectivity index (χ0v) is 12.9. The minimum atomic E-state index is -1.03. The summed E-state index contributed by atoms with van der Waals surface area (Å²) in [4.78, 5) is 15.6. The summed E-state index contributed by atoms with van der Waals surface area (Å²) in [6.07, 6.45) is 0. The van der Waals surface area contributed by atoms with E-state index in [4.69, 9.17) is 14.6 Å². The van der Waals surface area contributed by atoms with Crippen LogP contribution in [0.3, 0.4) is 0 Å². The molecule has 2 rings (SSSR count). The second-order valence-corrected chi connectivity index (χ2v) is 5.68. The lowest BCUT2D eigenvalue weighted by Gasteiger charge is -2.09. The summed E-state index contributed by atoms with van der Waals surface area (Å²) in [6.45, 7) is 4.39. The van der Waals surface area contributed by atoms with Crippen LogP contribution in [-0.2, 0) is 6.61 Å². The van der Waals surface area contributed by atoms with Crippen LogP contribution in [0.5, 0.6) is 11.5 Å². The molecular formula is C15H17NO4S. The summed E-state index contributed by atoms with van der Waals surface area (Å²) in [5.41, 5.74) is 0.901. The Morgan fingerprint density at radius 3 is 2.76 bits per heavy atom. The van der Waals surface area contributed by atoms with Crippen LogP contribution >= 0.6 is 11.3 Å². The van der Waals surface area contributed by atoms with Crippen molar-refractivity contribution in [3.63, 3.8) is 0 Å². The number of carboxylic acids is 1. The number of carbonyl (C=O) groups is 1. The topological polar surface area (TPSA) is 68.7 Å². The van der Waals surface area contributed by atoms with Gasteiger partial charge in [0.2, 0.25) is 0 Å². The van der Waals surface area contributed by atoms with Crippen LogP contribution in [0.4, 0.5) is 0 Å². The van der Waals surface area contributed by atoms with Gasteiger partial charge in [-0.15, -0.1) is 11.3 Å². The maximum absolute atomic E-state index is 11.2. The predicted octanol–water partition coefficient (Wildman–Crippen LogP) is 3.55. The molecule has 0 atom stereocenters. The number of hydrogen-bond donors (Lipinski definition) is 1. The van der Waals surface area contributed by atoms with Gasteiger partial charge in [0.1, 0.15) is 23.7 Å². The van der Waals surface area contributed by atoms with Crippen molar-refractivity contribution in [1.29, 1.82) is 0 Å². The highest BCUT2D eigenvalue weighted by Gasteiger charge is 2.13. The molecule has 0 unspecified atom stereocenters. The van der Waals surface area contributed by atoms with Crippen molar-refractivity contribution >= 4 is 17.3 Å². The minimum absolute atomic E-state index is 0.107. The van der Waals surface area contributed by atoms with Crippen LogP contribution in [0, 0.1) is 0 Å². The molecule has 0 saturated heterocycles. The van der Waals surface area contributed by atoms with Gasteiger partial charge >= 0.3 is 5.97 Å². The van der Waals surface area contributed by atoms with Crippen LogP contribution in [0.25, 0.3) is 0 Å². The lowest BCUT2D eigenvalue weighted by Crippen LogP contribution is -2.04. The van der Waals surface area contributed by atoms with E-state index in [1.807, 2.05) is 5.38 Å². The third-order valence-electron chi connectivity index (χ3n) is 2.86. The van der Waals surface area contributed by atoms with E-state index in [-0.39, 0.29) is 17.9 Å². The first kappa shape index (κ1) is 15.3. The predicted molar refractivity (Wildman–Crippen MR) is 80.5 cm³/mol. The second-order valence-electron chi connectivity index (χ2n) is 4.79. The number of ether oxygens (including phenoxy) is 2. The number of thiazole rings is 1. The SMILES string of the molecule is COc1ccc(C(=O)O)c(OCc2csc(C(C)C)n2)c1. The standard InChI is InChI=1S/C15H17NO4S/c1-9(2)14-16-10(8-21-14)7-20-13-6-11(19-3)4-5-12(13)15(17)18/h4-6,8-9H,7H2,1-3H3,(H,17,18). The second kappa shape index (κ2) is 6.58. The summed E-state index contributed by atoms with van der Waals surface area (Å²) < 4.78 is 10.7. The van der Waals surface area contributed by atoms with E-state index in [1.165, 1.54) is 13.2 Å². The smallest absolute Gasteiger partial charge is 0.339 e. The first-order valence-corrected chi connectivity index (χ1v) is 7.37. The largest absolute Gasteiger partial charge is 0.497 e. The van der Waals surface area contributed by atoms with E-state index < -0.39 is 5.97 Å². The van der Waals surface area contributed by atoms with E-state index in [9.17, 15) is 4.79 Å². The van der Waals surface area contributed by atoms with Gasteiger partial charge in [0, 0.05) is 17.4 Å². The quantitative estimate of drug-likeness (QED) is 0.884. The summed E-state index contributed by atoms with van der Waals surface area (Å²) in [7, 11) is 1.52. The zero-order chi connectivity index (χ0) is 15.4. The first-order chi connectivity index (χ1) is 10.0. The molecule has 112 valence electrons. The minimum Gasteiger partial charge on any atom is -0.497 e. The Morgan fingerprint density at radius 2 is 2.19 bits per heavy atom. The van der Waals surface area contributed by atoms with Crippen LogP contribution in [0.15, 0.2) is 23.6 Å². The van der Waals surface area contributed by atoms with E-state index in [1.54, 1.807) is 23.5 Å². The molecule has 0 spiro atoms. The molecule has 0 fully saturated rings. The van der Waals surface area contributed by atoms with Gasteiger partial charge in [-0.1, -0.05) is 13.8 Å². The summed E-state index contributed by atoms with van der Waals surface area (Å²) in [5, 5.41) is 12.1. The monoisotopic (exact) mass is 307 g/mol. The zero-order valence-electron chi connectivity index (χ0n) is 12.1. The number of rotatable bonds is 6. The average Bonchev–Trinajstić information content (AvgIpc) is 2.93. The van der Waals surface area contributed by atoms with Gasteiger partial charge in [-0.2, -0.15) is 0 Å². The summed E-state index contributed by atoms with van der Waals surface area (Å²) in [5.74, 6) is 0.168. The molecule has 0 aliphatic heterocycles. The molecule has 6 heteroatoms. The van der Waals surface area contributed by atoms with Crippen LogP contribution < -0.4 is 9.47 Å². The third-order valence-corrected chi connectivity index (χ3v) is 4.05. The molecule has 5 nitrogen and oxygen atoms in total. The third kappa shape index (κ3) is 3.72. The fourth-order valence-electron chi connectivity index (χ4n) is 1.73. The van der Waals surface area contributed by atoms with Gasteiger partial charge in [0.15, 0.2) is 0 Å². The molecule has 21 heavy (non-hydrogen) atoms. The van der Waals surface area contributed by atoms with Crippen LogP contribution in [0.2, 0.25) is 0 Å². The Labute approximate surface area is 127 Å². The van der Waals surface area contributed by atoms with Gasteiger partial charge in [-0.05, 0) is 12.1 Å². The number of hydrogen-bond acceptors (Lipinski definition) is 5. The number of nitrogens with zero attached hydrogens (tertiary/aromatic N) is 1. The fourth-order valence-corrected chi connectivity index (χ4v) is 2.55. The molecule has 0 amide bonds. The molecule has 0 aliphatic carbocycles. The molecule has 2 aromatic rings. The van der Waals surface area contributed by atoms with Gasteiger partial charge in [-0.3, -0.25) is 0 Å². The fraction of sp³-hybridized carbons (Fsp3) is 0.333. The Morgan fingerprint density at radius 1 is 1.43 bits per heavy atom. The maximum Gasteiger partial charge on any atom is 0.339 e. The Balaban J connectivity index is 2.15. The molecule has 1 heterocycles. The van der Waals surface area contributed by atoms with E-state index in [0.717, 1.165) is 10.7 Å². The first-order valence-electron chi connectivity index (χ1n) is 6.49. The van der Waals surface area contributed by atoms with Crippen molar-refractivity contribution in [2.75, 3.05) is 7.11 Å². The van der Waals surface area contributed by atoms with Crippen molar-refractivity contribution in [1.82, 2.24) is 4.98 Å². The highest BCUT2D eigenvalue weighted by molar-refractivity contribution is 7.09. The van der Waals surface area contributed by atoms with Crippen molar-refractivity contribution in [2.45, 2.75) is 26.4 Å². The molecule has 1 aromatic heterocycles. The van der Waals surface area contributed by atoms with E-state index in [2.05, 4.69) is 18.8 Å². The Kier molecular flexibility index (Phi) is 4.80. The molecule has 1 N–H and O–H groups in total. The maximum atomic E-state index is 11.2. The van der Waals surface area contributed by atoms with E-state index in [0.29, 0.717) is 11.7 Å². The molecule has 0 radical (unpaired) electrons. The van der Waals surface area contributed by atoms with Crippen LogP contribution in [-0.4, -0.2) is 23.2 Å². The number of methoxy groups -OCH3 is 1. The van der Waals surface area contributed by atoms with Crippen molar-refractivity contribution in [3.8, 4) is 11.5 Å². The van der Waals surface area contributed by atoms with Gasteiger partial charge in [0.05, 0.1) is 17.8 Å². The lowest BCUT2D eigenvalue weighted by molar-refractivity contribution is 0.0691. The van der Waals surface area contributed by atoms with Crippen molar-refractivity contribution < 1.29 is 19.4 Å². The van der Waals surface area contributed by atoms with Crippen molar-refractivity contribution in [3.05, 3.63) is 39.8 Å². The average molecular weight is 307 g/mol. The highest BCUT2D eigenvalue weighted by Crippen LogP contribution is 2.26. The van der Waals surface area contributed by atoms with Crippen molar-refractivity contribution in [2.24, 2.45) is 0 Å². The number of carboxylic acid groups (broad SMARTS) is 1. The van der Waals surface area contributed by atoms with E-state index >= 15 is 0 Å². The number of aromatic nitrogens is 1. The molecule has 1 aromatic carbocycles. The molecule has 0 aliphatic rings. The molecular weight excluding hydrogens is 290 g/mol. The molecule has 0 bridgehead atoms. The number of aromatic carboxylic acids is 1. The highest BCUT2D eigenvalue weighted by atomic mass is 32.1. The normalized spacial score (nSPS) is 10.7. The summed E-state index contributed by atoms with van der Waals surface area (Å²) in [6, 6.07) is 4.63. The Bertz CT molecular complexity index is 636. The lowest BCUT2D eigenvalue weighted by atomic mass is 10.2. The van der Waals surface area contributed by atoms with Gasteiger partial charge in [0.25, 0.3) is 0 Å². The Hall–Kier alpha value is -2.08. The van der Waals surface area contributed by atoms with Gasteiger partial charge < -0.3 is 14.6 Å². The van der Waals surface area contributed by atoms with Crippen LogP contribution in [0.1, 0.15) is 40.8 Å².